The minimum absolute atomic E-state index is 0.274. The van der Waals surface area contributed by atoms with E-state index in [0.717, 1.165) is 0 Å². The lowest BCUT2D eigenvalue weighted by atomic mass is 9.99. The molecule has 8 nitrogen and oxygen atoms in total. The molecule has 0 unspecified atom stereocenters. The number of nitrogens with zero attached hydrogens (tertiary/aromatic N) is 6. The number of hydrogen-bond donors (Lipinski definition) is 0. The second-order valence-electron chi connectivity index (χ2n) is 7.69. The number of rotatable bonds is 4. The zero-order valence-electron chi connectivity index (χ0n) is 17.8. The fourth-order valence-electron chi connectivity index (χ4n) is 3.70. The molecule has 2 atom stereocenters. The fourth-order valence-corrected chi connectivity index (χ4v) is 3.70. The van der Waals surface area contributed by atoms with Gasteiger partial charge in [-0.05, 0) is 44.9 Å². The minimum atomic E-state index is -4.71. The van der Waals surface area contributed by atoms with E-state index >= 15 is 0 Å². The predicted octanol–water partition coefficient (Wildman–Crippen LogP) is 3.60. The molecule has 1 aliphatic rings. The van der Waals surface area contributed by atoms with Crippen LogP contribution in [0.1, 0.15) is 41.4 Å². The maximum atomic E-state index is 14.2. The zero-order chi connectivity index (χ0) is 23.8. The van der Waals surface area contributed by atoms with Crippen LogP contribution in [0.2, 0.25) is 0 Å². The molecule has 4 rings (SSSR count). The van der Waals surface area contributed by atoms with E-state index in [0.29, 0.717) is 37.3 Å². The molecule has 0 N–H and O–H groups in total. The number of piperidine rings is 1. The maximum absolute atomic E-state index is 14.2. The van der Waals surface area contributed by atoms with E-state index in [1.165, 1.54) is 17.2 Å². The third-order valence-electron chi connectivity index (χ3n) is 5.43. The van der Waals surface area contributed by atoms with Gasteiger partial charge in [0.1, 0.15) is 6.10 Å². The summed E-state index contributed by atoms with van der Waals surface area (Å²) < 4.78 is 58.2. The number of carbonyl (C=O) groups is 1. The van der Waals surface area contributed by atoms with E-state index < -0.39 is 35.6 Å². The number of amides is 1. The summed E-state index contributed by atoms with van der Waals surface area (Å²) in [5.74, 6) is -1.81. The lowest BCUT2D eigenvalue weighted by molar-refractivity contribution is -0.138. The molecule has 0 aromatic carbocycles. The number of ether oxygens (including phenoxy) is 1. The highest BCUT2D eigenvalue weighted by Gasteiger charge is 2.36. The summed E-state index contributed by atoms with van der Waals surface area (Å²) >= 11 is 0. The molecule has 33 heavy (non-hydrogen) atoms. The molecule has 1 saturated heterocycles. The normalized spacial score (nSPS) is 18.9. The largest absolute Gasteiger partial charge is 0.470 e. The summed E-state index contributed by atoms with van der Waals surface area (Å²) in [6.07, 6.45) is -0.877. The first-order valence-electron chi connectivity index (χ1n) is 10.2. The van der Waals surface area contributed by atoms with Crippen LogP contribution in [0.15, 0.2) is 36.8 Å². The number of hydrogen-bond acceptors (Lipinski definition) is 6. The molecule has 3 aromatic heterocycles. The Hall–Kier alpha value is -3.57. The summed E-state index contributed by atoms with van der Waals surface area (Å²) in [5.41, 5.74) is -0.244. The molecular weight excluding hydrogens is 444 g/mol. The average molecular weight is 464 g/mol. The Kier molecular flexibility index (Phi) is 6.00. The molecule has 1 amide bonds. The van der Waals surface area contributed by atoms with Crippen molar-refractivity contribution in [2.75, 3.05) is 6.54 Å². The molecule has 0 aliphatic carbocycles. The molecule has 0 bridgehead atoms. The minimum Gasteiger partial charge on any atom is -0.470 e. The van der Waals surface area contributed by atoms with Crippen molar-refractivity contribution in [2.45, 2.75) is 45.0 Å². The van der Waals surface area contributed by atoms with Gasteiger partial charge in [0.15, 0.2) is 11.6 Å². The monoisotopic (exact) mass is 464 g/mol. The van der Waals surface area contributed by atoms with Gasteiger partial charge in [-0.1, -0.05) is 0 Å². The first-order valence-corrected chi connectivity index (χ1v) is 10.2. The number of aromatic nitrogens is 5. The molecule has 1 fully saturated rings. The van der Waals surface area contributed by atoms with Gasteiger partial charge < -0.3 is 9.64 Å². The highest BCUT2D eigenvalue weighted by molar-refractivity contribution is 5.97. The van der Waals surface area contributed by atoms with Crippen LogP contribution in [0.5, 0.6) is 5.88 Å². The Morgan fingerprint density at radius 2 is 1.94 bits per heavy atom. The van der Waals surface area contributed by atoms with Gasteiger partial charge in [0.05, 0.1) is 29.6 Å². The summed E-state index contributed by atoms with van der Waals surface area (Å²) in [5, 5.41) is 8.11. The summed E-state index contributed by atoms with van der Waals surface area (Å²) in [6, 6.07) is 3.18. The fraction of sp³-hybridized carbons (Fsp3) is 0.381. The Morgan fingerprint density at radius 1 is 1.21 bits per heavy atom. The van der Waals surface area contributed by atoms with Crippen molar-refractivity contribution in [3.05, 3.63) is 59.4 Å². The van der Waals surface area contributed by atoms with Crippen LogP contribution in [0.4, 0.5) is 17.6 Å². The van der Waals surface area contributed by atoms with Crippen LogP contribution >= 0.6 is 0 Å². The number of pyridine rings is 2. The van der Waals surface area contributed by atoms with Crippen molar-refractivity contribution in [3.8, 4) is 11.7 Å². The Balaban J connectivity index is 1.56. The second kappa shape index (κ2) is 8.75. The van der Waals surface area contributed by atoms with Crippen molar-refractivity contribution in [1.82, 2.24) is 29.9 Å². The molecule has 4 heterocycles. The quantitative estimate of drug-likeness (QED) is 0.549. The van der Waals surface area contributed by atoms with Gasteiger partial charge in [0, 0.05) is 18.4 Å². The van der Waals surface area contributed by atoms with Crippen LogP contribution < -0.4 is 4.74 Å². The van der Waals surface area contributed by atoms with Crippen molar-refractivity contribution in [1.29, 1.82) is 0 Å². The van der Waals surface area contributed by atoms with E-state index in [4.69, 9.17) is 4.74 Å². The van der Waals surface area contributed by atoms with Gasteiger partial charge in [-0.25, -0.2) is 14.4 Å². The van der Waals surface area contributed by atoms with Gasteiger partial charge in [-0.15, -0.1) is 4.80 Å². The van der Waals surface area contributed by atoms with Crippen LogP contribution in [-0.4, -0.2) is 54.5 Å². The van der Waals surface area contributed by atoms with Crippen LogP contribution in [0.25, 0.3) is 5.82 Å². The third kappa shape index (κ3) is 4.64. The molecule has 3 aromatic rings. The molecule has 0 radical (unpaired) electrons. The van der Waals surface area contributed by atoms with E-state index in [1.54, 1.807) is 30.9 Å². The van der Waals surface area contributed by atoms with Crippen LogP contribution in [0.3, 0.4) is 0 Å². The molecule has 0 spiro atoms. The van der Waals surface area contributed by atoms with E-state index in [2.05, 4.69) is 20.2 Å². The summed E-state index contributed by atoms with van der Waals surface area (Å²) in [7, 11) is 0. The summed E-state index contributed by atoms with van der Waals surface area (Å²) in [4.78, 5) is 24.1. The Morgan fingerprint density at radius 3 is 2.61 bits per heavy atom. The van der Waals surface area contributed by atoms with Crippen molar-refractivity contribution >= 4 is 5.91 Å². The molecule has 12 heteroatoms. The number of aryl methyl sites for hydroxylation is 1. The number of halogens is 4. The zero-order valence-corrected chi connectivity index (χ0v) is 17.8. The van der Waals surface area contributed by atoms with Crippen molar-refractivity contribution in [3.63, 3.8) is 0 Å². The van der Waals surface area contributed by atoms with Crippen molar-refractivity contribution in [2.24, 2.45) is 0 Å². The SMILES string of the molecule is Cc1ccc(C(=O)N2CCC[C@@H](Oc3ncc(C(F)(F)F)cc3F)[C@@H]2C)c(-n2nccn2)n1. The van der Waals surface area contributed by atoms with Gasteiger partial charge in [-0.3, -0.25) is 4.79 Å². The highest BCUT2D eigenvalue weighted by atomic mass is 19.4. The molecule has 1 aliphatic heterocycles. The van der Waals surface area contributed by atoms with Gasteiger partial charge >= 0.3 is 6.18 Å². The van der Waals surface area contributed by atoms with E-state index in [-0.39, 0.29) is 17.3 Å². The van der Waals surface area contributed by atoms with Crippen LogP contribution in [-0.2, 0) is 6.18 Å². The van der Waals surface area contributed by atoms with Crippen LogP contribution in [0, 0.1) is 12.7 Å². The lowest BCUT2D eigenvalue weighted by Gasteiger charge is -2.39. The predicted molar refractivity (Wildman–Crippen MR) is 107 cm³/mol. The molecule has 174 valence electrons. The van der Waals surface area contributed by atoms with E-state index in [1.807, 2.05) is 0 Å². The van der Waals surface area contributed by atoms with Crippen molar-refractivity contribution < 1.29 is 27.1 Å². The lowest BCUT2D eigenvalue weighted by Crippen LogP contribution is -2.51. The molecule has 0 saturated carbocycles. The summed E-state index contributed by atoms with van der Waals surface area (Å²) in [6.45, 7) is 3.93. The third-order valence-corrected chi connectivity index (χ3v) is 5.43. The Labute approximate surface area is 186 Å². The maximum Gasteiger partial charge on any atom is 0.417 e. The number of likely N-dealkylation sites (tertiary alicyclic amines) is 1. The average Bonchev–Trinajstić information content (AvgIpc) is 3.30. The first-order chi connectivity index (χ1) is 15.6. The van der Waals surface area contributed by atoms with E-state index in [9.17, 15) is 22.4 Å². The topological polar surface area (TPSA) is 86.0 Å². The van der Waals surface area contributed by atoms with Gasteiger partial charge in [0.2, 0.25) is 0 Å². The molecular formula is C21H20F4N6O2. The van der Waals surface area contributed by atoms with Gasteiger partial charge in [-0.2, -0.15) is 23.4 Å². The first kappa shape index (κ1) is 22.6. The Bertz CT molecular complexity index is 1150. The van der Waals surface area contributed by atoms with Gasteiger partial charge in [0.25, 0.3) is 11.8 Å². The second-order valence-corrected chi connectivity index (χ2v) is 7.69. The standard InChI is InChI=1S/C21H20F4N6O2/c1-12-5-6-15(18(29-12)31-27-7-8-28-31)20(32)30-9-3-4-17(13(30)2)33-19-16(22)10-14(11-26-19)21(23,24)25/h5-8,10-11,13,17H,3-4,9H2,1-2H3/t13-,17+/m0/s1. The smallest absolute Gasteiger partial charge is 0.417 e. The number of alkyl halides is 3. The highest BCUT2D eigenvalue weighted by Crippen LogP contribution is 2.32. The number of carbonyl (C=O) groups excluding carboxylic acids is 1.